The molecule has 0 bridgehead atoms. The number of carbonyl (C=O) groups is 1. The zero-order valence-corrected chi connectivity index (χ0v) is 16.4. The Labute approximate surface area is 168 Å². The number of benzene rings is 1. The lowest BCUT2D eigenvalue weighted by Gasteiger charge is -2.21. The van der Waals surface area contributed by atoms with Crippen LogP contribution in [0.4, 0.5) is 21.7 Å². The van der Waals surface area contributed by atoms with Crippen LogP contribution in [0.25, 0.3) is 10.9 Å². The minimum atomic E-state index is -0.776. The molecule has 1 atom stereocenters. The number of pyridine rings is 2. The van der Waals surface area contributed by atoms with Crippen molar-refractivity contribution in [1.29, 1.82) is 0 Å². The van der Waals surface area contributed by atoms with Gasteiger partial charge in [0.15, 0.2) is 11.6 Å². The molecule has 152 valence electrons. The lowest BCUT2D eigenvalue weighted by atomic mass is 10.0. The third kappa shape index (κ3) is 4.97. The number of rotatable bonds is 8. The van der Waals surface area contributed by atoms with Crippen molar-refractivity contribution >= 4 is 34.1 Å². The summed E-state index contributed by atoms with van der Waals surface area (Å²) < 4.78 is 14.6. The Bertz CT molecular complexity index is 1020. The Morgan fingerprint density at radius 1 is 1.21 bits per heavy atom. The Morgan fingerprint density at radius 2 is 2.00 bits per heavy atom. The largest absolute Gasteiger partial charge is 0.365 e. The summed E-state index contributed by atoms with van der Waals surface area (Å²) in [5, 5.41) is 7.06. The maximum atomic E-state index is 14.6. The number of nitrogens with two attached hydrogens (primary N) is 2. The predicted molar refractivity (Wildman–Crippen MR) is 114 cm³/mol. The van der Waals surface area contributed by atoms with Crippen molar-refractivity contribution in [3.05, 3.63) is 54.0 Å². The molecule has 1 aromatic carbocycles. The van der Waals surface area contributed by atoms with E-state index in [4.69, 9.17) is 11.5 Å². The van der Waals surface area contributed by atoms with Gasteiger partial charge in [0.1, 0.15) is 5.82 Å². The fourth-order valence-electron chi connectivity index (χ4n) is 3.13. The molecule has 0 saturated heterocycles. The molecule has 3 rings (SSSR count). The van der Waals surface area contributed by atoms with E-state index >= 15 is 0 Å². The number of halogens is 1. The van der Waals surface area contributed by atoms with Crippen LogP contribution in [0, 0.1) is 11.7 Å². The highest BCUT2D eigenvalue weighted by Crippen LogP contribution is 2.26. The molecule has 2 heterocycles. The van der Waals surface area contributed by atoms with E-state index < -0.39 is 11.7 Å². The van der Waals surface area contributed by atoms with Crippen LogP contribution in [0.2, 0.25) is 0 Å². The van der Waals surface area contributed by atoms with Gasteiger partial charge in [0.05, 0.1) is 11.1 Å². The van der Waals surface area contributed by atoms with Gasteiger partial charge in [-0.1, -0.05) is 26.0 Å². The van der Waals surface area contributed by atoms with Gasteiger partial charge in [-0.25, -0.2) is 9.37 Å². The fraction of sp³-hybridized carbons (Fsp3) is 0.286. The van der Waals surface area contributed by atoms with E-state index in [-0.39, 0.29) is 23.2 Å². The van der Waals surface area contributed by atoms with Crippen LogP contribution in [0.5, 0.6) is 0 Å². The first-order chi connectivity index (χ1) is 13.9. The van der Waals surface area contributed by atoms with E-state index in [1.165, 1.54) is 0 Å². The van der Waals surface area contributed by atoms with Crippen molar-refractivity contribution in [2.75, 3.05) is 17.2 Å². The normalized spacial score (nSPS) is 12.2. The second kappa shape index (κ2) is 8.83. The summed E-state index contributed by atoms with van der Waals surface area (Å²) >= 11 is 0. The van der Waals surface area contributed by atoms with Crippen LogP contribution in [0.3, 0.4) is 0 Å². The highest BCUT2D eigenvalue weighted by molar-refractivity contribution is 5.99. The van der Waals surface area contributed by atoms with Crippen molar-refractivity contribution in [3.63, 3.8) is 0 Å². The minimum absolute atomic E-state index is 0.0208. The molecular weight excluding hydrogens is 371 g/mol. The van der Waals surface area contributed by atoms with Crippen LogP contribution in [0.15, 0.2) is 42.6 Å². The Morgan fingerprint density at radius 3 is 2.69 bits per heavy atom. The third-order valence-corrected chi connectivity index (χ3v) is 4.49. The first-order valence-corrected chi connectivity index (χ1v) is 9.46. The number of aromatic nitrogens is 2. The molecule has 0 aliphatic heterocycles. The quantitative estimate of drug-likeness (QED) is 0.463. The molecule has 29 heavy (non-hydrogen) atoms. The minimum Gasteiger partial charge on any atom is -0.365 e. The summed E-state index contributed by atoms with van der Waals surface area (Å²) in [4.78, 5) is 20.4. The first-order valence-electron chi connectivity index (χ1n) is 9.46. The molecule has 3 aromatic rings. The number of amides is 1. The number of hydrogen-bond acceptors (Lipinski definition) is 6. The Balaban J connectivity index is 1.95. The topological polar surface area (TPSA) is 119 Å². The average Bonchev–Trinajstić information content (AvgIpc) is 2.69. The van der Waals surface area contributed by atoms with E-state index in [1.54, 1.807) is 6.20 Å². The summed E-state index contributed by atoms with van der Waals surface area (Å²) in [5.74, 6) is -0.870. The van der Waals surface area contributed by atoms with E-state index in [9.17, 15) is 9.18 Å². The van der Waals surface area contributed by atoms with E-state index in [0.29, 0.717) is 18.2 Å². The molecular formula is C21H25FN6O. The maximum Gasteiger partial charge on any atom is 0.252 e. The van der Waals surface area contributed by atoms with Crippen molar-refractivity contribution in [2.24, 2.45) is 17.4 Å². The molecule has 6 N–H and O–H groups in total. The maximum absolute atomic E-state index is 14.6. The van der Waals surface area contributed by atoms with Gasteiger partial charge in [0.25, 0.3) is 5.91 Å². The van der Waals surface area contributed by atoms with Crippen molar-refractivity contribution in [3.8, 4) is 0 Å². The standard InChI is InChI=1S/C21H25FN6O/c1-12(2)8-15(11-23)27-21-17(22)10-16(19(24)29)20(28-21)26-14-6-5-13-4-3-7-25-18(13)9-14/h3-7,9-10,12,15H,8,11,23H2,1-2H3,(H2,24,29)(H2,26,27,28). The highest BCUT2D eigenvalue weighted by atomic mass is 19.1. The van der Waals surface area contributed by atoms with Crippen LogP contribution in [0.1, 0.15) is 30.6 Å². The van der Waals surface area contributed by atoms with Crippen LogP contribution in [-0.4, -0.2) is 28.5 Å². The molecule has 0 aliphatic rings. The van der Waals surface area contributed by atoms with Crippen molar-refractivity contribution < 1.29 is 9.18 Å². The Kier molecular flexibility index (Phi) is 6.23. The average molecular weight is 396 g/mol. The zero-order chi connectivity index (χ0) is 21.0. The number of nitrogens with one attached hydrogen (secondary N) is 2. The number of fused-ring (bicyclic) bond motifs is 1. The van der Waals surface area contributed by atoms with Gasteiger partial charge in [-0.2, -0.15) is 0 Å². The van der Waals surface area contributed by atoms with Gasteiger partial charge in [0, 0.05) is 29.9 Å². The third-order valence-electron chi connectivity index (χ3n) is 4.49. The molecule has 0 aliphatic carbocycles. The summed E-state index contributed by atoms with van der Waals surface area (Å²) in [7, 11) is 0. The van der Waals surface area contributed by atoms with Gasteiger partial charge in [-0.3, -0.25) is 9.78 Å². The zero-order valence-electron chi connectivity index (χ0n) is 16.4. The molecule has 0 fully saturated rings. The van der Waals surface area contributed by atoms with Gasteiger partial charge >= 0.3 is 0 Å². The van der Waals surface area contributed by atoms with Crippen molar-refractivity contribution in [1.82, 2.24) is 9.97 Å². The lowest BCUT2D eigenvalue weighted by molar-refractivity contribution is 0.100. The summed E-state index contributed by atoms with van der Waals surface area (Å²) in [6, 6.07) is 10.3. The number of nitrogens with zero attached hydrogens (tertiary/aromatic N) is 2. The molecule has 0 radical (unpaired) electrons. The Hall–Kier alpha value is -3.26. The second-order valence-corrected chi connectivity index (χ2v) is 7.32. The van der Waals surface area contributed by atoms with E-state index in [0.717, 1.165) is 23.4 Å². The number of anilines is 3. The lowest BCUT2D eigenvalue weighted by Crippen LogP contribution is -2.31. The van der Waals surface area contributed by atoms with Crippen LogP contribution >= 0.6 is 0 Å². The summed E-state index contributed by atoms with van der Waals surface area (Å²) in [6.45, 7) is 4.45. The molecule has 1 unspecified atom stereocenters. The van der Waals surface area contributed by atoms with E-state index in [1.807, 2.05) is 30.3 Å². The molecule has 7 nitrogen and oxygen atoms in total. The van der Waals surface area contributed by atoms with E-state index in [2.05, 4.69) is 34.4 Å². The summed E-state index contributed by atoms with van der Waals surface area (Å²) in [5.41, 5.74) is 12.6. The van der Waals surface area contributed by atoms with Gasteiger partial charge in [-0.05, 0) is 36.6 Å². The van der Waals surface area contributed by atoms with Crippen LogP contribution in [-0.2, 0) is 0 Å². The molecule has 8 heteroatoms. The molecule has 2 aromatic heterocycles. The SMILES string of the molecule is CC(C)CC(CN)Nc1nc(Nc2ccc3cccnc3c2)c(C(N)=O)cc1F. The molecule has 0 spiro atoms. The molecule has 0 saturated carbocycles. The predicted octanol–water partition coefficient (Wildman–Crippen LogP) is 3.40. The monoisotopic (exact) mass is 396 g/mol. The fourth-order valence-corrected chi connectivity index (χ4v) is 3.13. The number of hydrogen-bond donors (Lipinski definition) is 4. The molecule has 1 amide bonds. The second-order valence-electron chi connectivity index (χ2n) is 7.32. The summed E-state index contributed by atoms with van der Waals surface area (Å²) in [6.07, 6.45) is 2.45. The first kappa shape index (κ1) is 20.5. The van der Waals surface area contributed by atoms with Crippen LogP contribution < -0.4 is 22.1 Å². The number of primary amides is 1. The van der Waals surface area contributed by atoms with Gasteiger partial charge < -0.3 is 22.1 Å². The smallest absolute Gasteiger partial charge is 0.252 e. The van der Waals surface area contributed by atoms with Gasteiger partial charge in [-0.15, -0.1) is 0 Å². The van der Waals surface area contributed by atoms with Gasteiger partial charge in [0.2, 0.25) is 0 Å². The van der Waals surface area contributed by atoms with Crippen molar-refractivity contribution in [2.45, 2.75) is 26.3 Å². The number of carbonyl (C=O) groups excluding carboxylic acids is 1. The highest BCUT2D eigenvalue weighted by Gasteiger charge is 2.19.